The van der Waals surface area contributed by atoms with E-state index in [1.807, 2.05) is 12.1 Å². The van der Waals surface area contributed by atoms with Crippen molar-refractivity contribution < 1.29 is 8.91 Å². The fourth-order valence-electron chi connectivity index (χ4n) is 3.56. The van der Waals surface area contributed by atoms with E-state index in [1.165, 1.54) is 10.7 Å². The van der Waals surface area contributed by atoms with E-state index in [0.717, 1.165) is 31.5 Å². The molecule has 1 aliphatic rings. The maximum absolute atomic E-state index is 14.5. The van der Waals surface area contributed by atoms with Gasteiger partial charge in [-0.2, -0.15) is 4.98 Å². The zero-order valence-corrected chi connectivity index (χ0v) is 15.5. The first-order valence-electron chi connectivity index (χ1n) is 9.47. The van der Waals surface area contributed by atoms with Crippen molar-refractivity contribution in [1.82, 2.24) is 35.4 Å². The fourth-order valence-corrected chi connectivity index (χ4v) is 3.56. The SMILES string of the molecule is Fc1ccccc1-n1nnc(-c2nc(C3CCNCC3)no2)c1-c1ccncc1. The lowest BCUT2D eigenvalue weighted by Crippen LogP contribution is -2.27. The van der Waals surface area contributed by atoms with Gasteiger partial charge in [0.1, 0.15) is 17.2 Å². The molecule has 1 aromatic carbocycles. The predicted octanol–water partition coefficient (Wildman–Crippen LogP) is 2.99. The molecule has 4 aromatic rings. The highest BCUT2D eigenvalue weighted by molar-refractivity contribution is 5.75. The van der Waals surface area contributed by atoms with Crippen molar-refractivity contribution in [1.29, 1.82) is 0 Å². The molecule has 29 heavy (non-hydrogen) atoms. The van der Waals surface area contributed by atoms with Gasteiger partial charge in [-0.05, 0) is 50.2 Å². The lowest BCUT2D eigenvalue weighted by atomic mass is 9.98. The zero-order valence-electron chi connectivity index (χ0n) is 15.5. The second kappa shape index (κ2) is 7.51. The number of hydrogen-bond donors (Lipinski definition) is 1. The monoisotopic (exact) mass is 391 g/mol. The van der Waals surface area contributed by atoms with Crippen molar-refractivity contribution in [3.63, 3.8) is 0 Å². The summed E-state index contributed by atoms with van der Waals surface area (Å²) in [6.07, 6.45) is 5.23. The predicted molar refractivity (Wildman–Crippen MR) is 103 cm³/mol. The third kappa shape index (κ3) is 3.29. The molecule has 0 spiro atoms. The molecule has 1 saturated heterocycles. The first-order chi connectivity index (χ1) is 14.3. The van der Waals surface area contributed by atoms with E-state index in [-0.39, 0.29) is 17.5 Å². The minimum absolute atomic E-state index is 0.250. The maximum atomic E-state index is 14.5. The van der Waals surface area contributed by atoms with E-state index >= 15 is 0 Å². The molecular weight excluding hydrogens is 373 g/mol. The molecule has 0 amide bonds. The van der Waals surface area contributed by atoms with Gasteiger partial charge in [-0.15, -0.1) is 5.10 Å². The summed E-state index contributed by atoms with van der Waals surface area (Å²) in [5.74, 6) is 0.787. The highest BCUT2D eigenvalue weighted by Crippen LogP contribution is 2.33. The molecule has 0 bridgehead atoms. The molecule has 0 aliphatic carbocycles. The van der Waals surface area contributed by atoms with Crippen LogP contribution >= 0.6 is 0 Å². The van der Waals surface area contributed by atoms with Gasteiger partial charge in [-0.3, -0.25) is 4.98 Å². The van der Waals surface area contributed by atoms with Crippen LogP contribution < -0.4 is 5.32 Å². The number of nitrogens with one attached hydrogen (secondary N) is 1. The van der Waals surface area contributed by atoms with Crippen molar-refractivity contribution in [2.24, 2.45) is 0 Å². The first-order valence-corrected chi connectivity index (χ1v) is 9.47. The van der Waals surface area contributed by atoms with Crippen molar-refractivity contribution >= 4 is 0 Å². The molecule has 9 heteroatoms. The molecule has 0 radical (unpaired) electrons. The Morgan fingerprint density at radius 3 is 2.66 bits per heavy atom. The molecule has 3 aromatic heterocycles. The Labute approximate surface area is 165 Å². The van der Waals surface area contributed by atoms with E-state index in [4.69, 9.17) is 4.52 Å². The van der Waals surface area contributed by atoms with Crippen LogP contribution in [0.2, 0.25) is 0 Å². The van der Waals surface area contributed by atoms with E-state index in [0.29, 0.717) is 17.2 Å². The number of para-hydroxylation sites is 1. The van der Waals surface area contributed by atoms with Crippen LogP contribution in [-0.4, -0.2) is 43.2 Å². The summed E-state index contributed by atoms with van der Waals surface area (Å²) < 4.78 is 21.5. The van der Waals surface area contributed by atoms with Crippen LogP contribution in [0.25, 0.3) is 28.5 Å². The van der Waals surface area contributed by atoms with Crippen LogP contribution in [0.3, 0.4) is 0 Å². The van der Waals surface area contributed by atoms with Crippen molar-refractivity contribution in [2.45, 2.75) is 18.8 Å². The molecule has 0 unspecified atom stereocenters. The third-order valence-corrected chi connectivity index (χ3v) is 5.05. The van der Waals surface area contributed by atoms with E-state index < -0.39 is 5.82 Å². The van der Waals surface area contributed by atoms with Crippen molar-refractivity contribution in [3.8, 4) is 28.5 Å². The van der Waals surface area contributed by atoms with Crippen LogP contribution in [0.4, 0.5) is 4.39 Å². The maximum Gasteiger partial charge on any atom is 0.280 e. The van der Waals surface area contributed by atoms with Gasteiger partial charge in [0.15, 0.2) is 11.5 Å². The Hall–Kier alpha value is -3.46. The minimum atomic E-state index is -0.403. The summed E-state index contributed by atoms with van der Waals surface area (Å²) in [5, 5.41) is 15.9. The lowest BCUT2D eigenvalue weighted by Gasteiger charge is -2.18. The van der Waals surface area contributed by atoms with Crippen molar-refractivity contribution in [2.75, 3.05) is 13.1 Å². The molecule has 4 heterocycles. The molecule has 5 rings (SSSR count). The van der Waals surface area contributed by atoms with E-state index in [9.17, 15) is 4.39 Å². The van der Waals surface area contributed by atoms with Crippen LogP contribution in [0.1, 0.15) is 24.6 Å². The van der Waals surface area contributed by atoms with E-state index in [2.05, 4.69) is 30.8 Å². The number of halogens is 1. The normalized spacial score (nSPS) is 14.9. The molecular formula is C20H18FN7O. The molecule has 1 aliphatic heterocycles. The van der Waals surface area contributed by atoms with Crippen molar-refractivity contribution in [3.05, 3.63) is 60.4 Å². The first kappa shape index (κ1) is 17.6. The summed E-state index contributed by atoms with van der Waals surface area (Å²) in [6, 6.07) is 10.0. The van der Waals surface area contributed by atoms with Crippen LogP contribution in [0.5, 0.6) is 0 Å². The summed E-state index contributed by atoms with van der Waals surface area (Å²) in [4.78, 5) is 8.65. The average Bonchev–Trinajstić information content (AvgIpc) is 3.43. The summed E-state index contributed by atoms with van der Waals surface area (Å²) in [5.41, 5.74) is 2.03. The second-order valence-corrected chi connectivity index (χ2v) is 6.87. The van der Waals surface area contributed by atoms with Gasteiger partial charge in [-0.25, -0.2) is 9.07 Å². The quantitative estimate of drug-likeness (QED) is 0.571. The smallest absolute Gasteiger partial charge is 0.280 e. The fraction of sp³-hybridized carbons (Fsp3) is 0.250. The molecule has 1 fully saturated rings. The molecule has 146 valence electrons. The van der Waals surface area contributed by atoms with Gasteiger partial charge in [0.05, 0.1) is 0 Å². The lowest BCUT2D eigenvalue weighted by molar-refractivity contribution is 0.391. The number of piperidine rings is 1. The van der Waals surface area contributed by atoms with Gasteiger partial charge in [0.2, 0.25) is 0 Å². The zero-order chi connectivity index (χ0) is 19.6. The van der Waals surface area contributed by atoms with Gasteiger partial charge >= 0.3 is 0 Å². The van der Waals surface area contributed by atoms with Crippen LogP contribution in [0, 0.1) is 5.82 Å². The summed E-state index contributed by atoms with van der Waals surface area (Å²) >= 11 is 0. The number of benzene rings is 1. The Balaban J connectivity index is 1.62. The molecule has 0 saturated carbocycles. The van der Waals surface area contributed by atoms with Gasteiger partial charge in [0, 0.05) is 23.9 Å². The topological polar surface area (TPSA) is 94.6 Å². The summed E-state index contributed by atoms with van der Waals surface area (Å²) in [6.45, 7) is 1.86. The molecule has 1 N–H and O–H groups in total. The van der Waals surface area contributed by atoms with Gasteiger partial charge < -0.3 is 9.84 Å². The highest BCUT2D eigenvalue weighted by atomic mass is 19.1. The molecule has 0 atom stereocenters. The van der Waals surface area contributed by atoms with Crippen LogP contribution in [-0.2, 0) is 0 Å². The standard InChI is InChI=1S/C20H18FN7O/c21-15-3-1-2-4-16(15)28-18(13-5-9-22-10-6-13)17(25-27-28)20-24-19(26-29-20)14-7-11-23-12-8-14/h1-6,9-10,14,23H,7-8,11-12H2. The Morgan fingerprint density at radius 1 is 1.07 bits per heavy atom. The number of hydrogen-bond acceptors (Lipinski definition) is 7. The number of nitrogens with zero attached hydrogens (tertiary/aromatic N) is 6. The Morgan fingerprint density at radius 2 is 1.86 bits per heavy atom. The summed E-state index contributed by atoms with van der Waals surface area (Å²) in [7, 11) is 0. The Kier molecular flexibility index (Phi) is 4.57. The number of rotatable bonds is 4. The number of pyridine rings is 1. The minimum Gasteiger partial charge on any atom is -0.332 e. The van der Waals surface area contributed by atoms with E-state index in [1.54, 1.807) is 30.6 Å². The molecule has 8 nitrogen and oxygen atoms in total. The largest absolute Gasteiger partial charge is 0.332 e. The van der Waals surface area contributed by atoms with Crippen LogP contribution in [0.15, 0.2) is 53.3 Å². The highest BCUT2D eigenvalue weighted by Gasteiger charge is 2.26. The second-order valence-electron chi connectivity index (χ2n) is 6.87. The average molecular weight is 391 g/mol. The Bertz CT molecular complexity index is 1120. The van der Waals surface area contributed by atoms with Gasteiger partial charge in [0.25, 0.3) is 5.89 Å². The number of aromatic nitrogens is 6. The third-order valence-electron chi connectivity index (χ3n) is 5.05. The van der Waals surface area contributed by atoms with Gasteiger partial charge in [-0.1, -0.05) is 22.5 Å².